The quantitative estimate of drug-likeness (QED) is 0.897. The second-order valence-electron chi connectivity index (χ2n) is 7.20. The fraction of sp³-hybridized carbons (Fsp3) is 0.750. The summed E-state index contributed by atoms with van der Waals surface area (Å²) in [6.07, 6.45) is -0.868. The third-order valence-electron chi connectivity index (χ3n) is 5.20. The summed E-state index contributed by atoms with van der Waals surface area (Å²) in [5, 5.41) is 7.35. The molecule has 1 N–H and O–H groups in total. The zero-order valence-electron chi connectivity index (χ0n) is 13.5. The summed E-state index contributed by atoms with van der Waals surface area (Å²) < 4.78 is 41.1. The highest BCUT2D eigenvalue weighted by Crippen LogP contribution is 2.42. The number of nitrogens with zero attached hydrogens (tertiary/aromatic N) is 3. The summed E-state index contributed by atoms with van der Waals surface area (Å²) in [5.41, 5.74) is 0.576. The SMILES string of the molecule is C[C@@H]1C[C@H](C(F)(F)F)n2nc([C@H]3CCCN3C(=O)C3CC3)cc2N1. The van der Waals surface area contributed by atoms with Crippen molar-refractivity contribution in [3.63, 3.8) is 0 Å². The Hall–Kier alpha value is -1.73. The van der Waals surface area contributed by atoms with Gasteiger partial charge < -0.3 is 10.2 Å². The molecule has 1 aromatic heterocycles. The van der Waals surface area contributed by atoms with Crippen LogP contribution in [-0.4, -0.2) is 39.4 Å². The molecule has 0 radical (unpaired) electrons. The number of halogens is 3. The number of alkyl halides is 3. The molecule has 2 fully saturated rings. The van der Waals surface area contributed by atoms with Crippen LogP contribution in [0.2, 0.25) is 0 Å². The molecule has 5 nitrogen and oxygen atoms in total. The maximum atomic E-state index is 13.3. The fourth-order valence-electron chi connectivity index (χ4n) is 3.84. The maximum absolute atomic E-state index is 13.3. The molecule has 4 rings (SSSR count). The normalized spacial score (nSPS) is 30.2. The van der Waals surface area contributed by atoms with E-state index in [1.165, 1.54) is 0 Å². The number of nitrogens with one attached hydrogen (secondary N) is 1. The molecule has 1 saturated heterocycles. The van der Waals surface area contributed by atoms with Gasteiger partial charge in [-0.25, -0.2) is 4.68 Å². The molecule has 1 saturated carbocycles. The second-order valence-corrected chi connectivity index (χ2v) is 7.20. The number of likely N-dealkylation sites (tertiary alicyclic amines) is 1. The summed E-state index contributed by atoms with van der Waals surface area (Å²) in [6.45, 7) is 2.42. The van der Waals surface area contributed by atoms with Crippen molar-refractivity contribution in [3.8, 4) is 0 Å². The van der Waals surface area contributed by atoms with Crippen LogP contribution in [0.5, 0.6) is 0 Å². The molecule has 3 heterocycles. The number of fused-ring (bicyclic) bond motifs is 1. The van der Waals surface area contributed by atoms with E-state index >= 15 is 0 Å². The monoisotopic (exact) mass is 342 g/mol. The van der Waals surface area contributed by atoms with Gasteiger partial charge in [-0.2, -0.15) is 18.3 Å². The van der Waals surface area contributed by atoms with E-state index in [1.807, 2.05) is 4.90 Å². The summed E-state index contributed by atoms with van der Waals surface area (Å²) in [4.78, 5) is 14.2. The Morgan fingerprint density at radius 3 is 2.75 bits per heavy atom. The van der Waals surface area contributed by atoms with Crippen molar-refractivity contribution in [2.24, 2.45) is 5.92 Å². The van der Waals surface area contributed by atoms with Gasteiger partial charge in [0.25, 0.3) is 0 Å². The van der Waals surface area contributed by atoms with Crippen LogP contribution >= 0.6 is 0 Å². The first-order chi connectivity index (χ1) is 11.3. The van der Waals surface area contributed by atoms with Gasteiger partial charge in [0, 0.05) is 24.6 Å². The third-order valence-corrected chi connectivity index (χ3v) is 5.20. The zero-order valence-corrected chi connectivity index (χ0v) is 13.5. The van der Waals surface area contributed by atoms with E-state index in [0.717, 1.165) is 30.4 Å². The first-order valence-corrected chi connectivity index (χ1v) is 8.58. The van der Waals surface area contributed by atoms with Crippen molar-refractivity contribution >= 4 is 11.7 Å². The van der Waals surface area contributed by atoms with Crippen molar-refractivity contribution in [1.82, 2.24) is 14.7 Å². The molecule has 1 amide bonds. The highest BCUT2D eigenvalue weighted by atomic mass is 19.4. The Balaban J connectivity index is 1.64. The minimum Gasteiger partial charge on any atom is -0.368 e. The van der Waals surface area contributed by atoms with Crippen molar-refractivity contribution in [2.45, 2.75) is 63.3 Å². The van der Waals surface area contributed by atoms with Gasteiger partial charge in [-0.15, -0.1) is 0 Å². The van der Waals surface area contributed by atoms with Crippen LogP contribution in [0, 0.1) is 5.92 Å². The average Bonchev–Trinajstić information content (AvgIpc) is 3.08. The molecule has 1 aromatic rings. The molecular weight excluding hydrogens is 321 g/mol. The number of amides is 1. The number of hydrogen-bond donors (Lipinski definition) is 1. The predicted octanol–water partition coefficient (Wildman–Crippen LogP) is 3.26. The molecule has 3 aliphatic rings. The standard InChI is InChI=1S/C16H21F3N4O/c1-9-7-13(16(17,18)19)23-14(20-9)8-11(21-23)12-3-2-6-22(12)15(24)10-4-5-10/h8-10,12-13,20H,2-7H2,1H3/t9-,12-,13-/m1/s1. The van der Waals surface area contributed by atoms with Crippen LogP contribution in [0.15, 0.2) is 6.07 Å². The Kier molecular flexibility index (Phi) is 3.54. The minimum atomic E-state index is -4.33. The van der Waals surface area contributed by atoms with E-state index in [0.29, 0.717) is 18.1 Å². The molecule has 24 heavy (non-hydrogen) atoms. The molecule has 2 aliphatic heterocycles. The summed E-state index contributed by atoms with van der Waals surface area (Å²) in [7, 11) is 0. The highest BCUT2D eigenvalue weighted by molar-refractivity contribution is 5.81. The molecule has 0 unspecified atom stereocenters. The first-order valence-electron chi connectivity index (χ1n) is 8.58. The van der Waals surface area contributed by atoms with Gasteiger partial charge in [0.05, 0.1) is 11.7 Å². The van der Waals surface area contributed by atoms with Gasteiger partial charge in [0.2, 0.25) is 5.91 Å². The topological polar surface area (TPSA) is 50.2 Å². The van der Waals surface area contributed by atoms with E-state index in [4.69, 9.17) is 0 Å². The van der Waals surface area contributed by atoms with E-state index in [1.54, 1.807) is 13.0 Å². The van der Waals surface area contributed by atoms with Crippen LogP contribution in [0.4, 0.5) is 19.0 Å². The van der Waals surface area contributed by atoms with E-state index in [9.17, 15) is 18.0 Å². The average molecular weight is 342 g/mol. The van der Waals surface area contributed by atoms with Crippen LogP contribution < -0.4 is 5.32 Å². The number of carbonyl (C=O) groups is 1. The van der Waals surface area contributed by atoms with Gasteiger partial charge in [0.15, 0.2) is 6.04 Å². The third kappa shape index (κ3) is 2.65. The Labute approximate surface area is 138 Å². The highest BCUT2D eigenvalue weighted by Gasteiger charge is 2.46. The summed E-state index contributed by atoms with van der Waals surface area (Å²) in [5.74, 6) is 0.651. The fourth-order valence-corrected chi connectivity index (χ4v) is 3.84. The molecule has 0 bridgehead atoms. The van der Waals surface area contributed by atoms with E-state index in [-0.39, 0.29) is 30.3 Å². The Bertz CT molecular complexity index is 652. The number of aromatic nitrogens is 2. The first kappa shape index (κ1) is 15.8. The van der Waals surface area contributed by atoms with Gasteiger partial charge in [0.1, 0.15) is 5.82 Å². The lowest BCUT2D eigenvalue weighted by molar-refractivity contribution is -0.173. The molecule has 8 heteroatoms. The second kappa shape index (κ2) is 5.39. The maximum Gasteiger partial charge on any atom is 0.410 e. The molecule has 0 aromatic carbocycles. The van der Waals surface area contributed by atoms with Crippen molar-refractivity contribution in [3.05, 3.63) is 11.8 Å². The molecule has 132 valence electrons. The smallest absolute Gasteiger partial charge is 0.368 e. The minimum absolute atomic E-state index is 0.0347. The van der Waals surface area contributed by atoms with Gasteiger partial charge in [-0.1, -0.05) is 0 Å². The number of hydrogen-bond acceptors (Lipinski definition) is 3. The van der Waals surface area contributed by atoms with Crippen molar-refractivity contribution in [2.75, 3.05) is 11.9 Å². The van der Waals surface area contributed by atoms with Gasteiger partial charge in [-0.05, 0) is 39.0 Å². The summed E-state index contributed by atoms with van der Waals surface area (Å²) in [6, 6.07) is -0.368. The number of rotatable bonds is 2. The van der Waals surface area contributed by atoms with Crippen molar-refractivity contribution in [1.29, 1.82) is 0 Å². The Morgan fingerprint density at radius 2 is 2.08 bits per heavy atom. The van der Waals surface area contributed by atoms with Gasteiger partial charge >= 0.3 is 6.18 Å². The lowest BCUT2D eigenvalue weighted by Gasteiger charge is -2.31. The number of anilines is 1. The number of carbonyl (C=O) groups excluding carboxylic acids is 1. The largest absolute Gasteiger partial charge is 0.410 e. The van der Waals surface area contributed by atoms with Crippen LogP contribution in [-0.2, 0) is 4.79 Å². The molecule has 3 atom stereocenters. The molecule has 1 aliphatic carbocycles. The zero-order chi connectivity index (χ0) is 17.1. The lowest BCUT2D eigenvalue weighted by atomic mass is 10.1. The van der Waals surface area contributed by atoms with E-state index < -0.39 is 12.2 Å². The molecular formula is C16H21F3N4O. The lowest BCUT2D eigenvalue weighted by Crippen LogP contribution is -2.38. The van der Waals surface area contributed by atoms with E-state index in [2.05, 4.69) is 10.4 Å². The van der Waals surface area contributed by atoms with Crippen molar-refractivity contribution < 1.29 is 18.0 Å². The molecule has 0 spiro atoms. The van der Waals surface area contributed by atoms with Crippen LogP contribution in [0.25, 0.3) is 0 Å². The van der Waals surface area contributed by atoms with Crippen LogP contribution in [0.1, 0.15) is 56.8 Å². The van der Waals surface area contributed by atoms with Gasteiger partial charge in [-0.3, -0.25) is 4.79 Å². The van der Waals surface area contributed by atoms with Crippen LogP contribution in [0.3, 0.4) is 0 Å². The summed E-state index contributed by atoms with van der Waals surface area (Å²) >= 11 is 0. The Morgan fingerprint density at radius 1 is 1.33 bits per heavy atom. The predicted molar refractivity (Wildman–Crippen MR) is 81.4 cm³/mol.